The smallest absolute Gasteiger partial charge is 0.227 e. The van der Waals surface area contributed by atoms with E-state index in [1.54, 1.807) is 36.4 Å². The normalized spacial score (nSPS) is 19.4. The molecule has 0 spiro atoms. The van der Waals surface area contributed by atoms with Gasteiger partial charge in [-0.25, -0.2) is 0 Å². The molecular formula is C19H21ClN2O2. The molecule has 1 fully saturated rings. The maximum Gasteiger partial charge on any atom is 0.227 e. The van der Waals surface area contributed by atoms with Crippen LogP contribution in [0.25, 0.3) is 0 Å². The molecular weight excluding hydrogens is 324 g/mol. The van der Waals surface area contributed by atoms with Crippen molar-refractivity contribution in [1.29, 1.82) is 0 Å². The molecule has 3 rings (SSSR count). The molecule has 0 saturated heterocycles. The Morgan fingerprint density at radius 2 is 1.67 bits per heavy atom. The minimum absolute atomic E-state index is 0. The van der Waals surface area contributed by atoms with Crippen LogP contribution in [0.1, 0.15) is 35.2 Å². The van der Waals surface area contributed by atoms with Gasteiger partial charge in [-0.1, -0.05) is 42.5 Å². The van der Waals surface area contributed by atoms with Crippen LogP contribution >= 0.6 is 12.4 Å². The molecule has 2 unspecified atom stereocenters. The Morgan fingerprint density at radius 1 is 0.958 bits per heavy atom. The van der Waals surface area contributed by atoms with Gasteiger partial charge in [0.05, 0.1) is 0 Å². The number of nitrogens with two attached hydrogens (primary N) is 1. The molecule has 2 aromatic rings. The molecule has 0 aromatic heterocycles. The van der Waals surface area contributed by atoms with E-state index in [0.29, 0.717) is 16.8 Å². The van der Waals surface area contributed by atoms with Gasteiger partial charge in [-0.3, -0.25) is 9.59 Å². The Morgan fingerprint density at radius 3 is 2.33 bits per heavy atom. The molecule has 4 nitrogen and oxygen atoms in total. The zero-order valence-electron chi connectivity index (χ0n) is 13.3. The molecule has 1 aliphatic carbocycles. The Balaban J connectivity index is 0.00000208. The second-order valence-corrected chi connectivity index (χ2v) is 6.04. The van der Waals surface area contributed by atoms with Crippen LogP contribution in [0.2, 0.25) is 0 Å². The number of anilines is 1. The third-order valence-corrected chi connectivity index (χ3v) is 4.27. The topological polar surface area (TPSA) is 72.2 Å². The van der Waals surface area contributed by atoms with Crippen LogP contribution in [-0.4, -0.2) is 17.7 Å². The van der Waals surface area contributed by atoms with Crippen LogP contribution in [0.5, 0.6) is 0 Å². The van der Waals surface area contributed by atoms with Crippen molar-refractivity contribution in [3.8, 4) is 0 Å². The fourth-order valence-electron chi connectivity index (χ4n) is 2.99. The van der Waals surface area contributed by atoms with Crippen LogP contribution < -0.4 is 11.1 Å². The highest BCUT2D eigenvalue weighted by Gasteiger charge is 2.27. The highest BCUT2D eigenvalue weighted by Crippen LogP contribution is 2.25. The molecule has 5 heteroatoms. The molecule has 0 heterocycles. The van der Waals surface area contributed by atoms with Gasteiger partial charge in [0.15, 0.2) is 5.78 Å². The zero-order chi connectivity index (χ0) is 16.2. The zero-order valence-corrected chi connectivity index (χ0v) is 14.1. The summed E-state index contributed by atoms with van der Waals surface area (Å²) in [7, 11) is 0. The van der Waals surface area contributed by atoms with Gasteiger partial charge in [0.25, 0.3) is 0 Å². The molecule has 0 bridgehead atoms. The first-order valence-corrected chi connectivity index (χ1v) is 7.90. The summed E-state index contributed by atoms with van der Waals surface area (Å²) in [5.74, 6) is -0.0923. The van der Waals surface area contributed by atoms with Gasteiger partial charge in [-0.05, 0) is 31.4 Å². The van der Waals surface area contributed by atoms with E-state index in [2.05, 4.69) is 5.32 Å². The number of nitrogens with one attached hydrogen (secondary N) is 1. The Kier molecular flexibility index (Phi) is 6.12. The van der Waals surface area contributed by atoms with E-state index in [-0.39, 0.29) is 36.1 Å². The maximum absolute atomic E-state index is 12.5. The van der Waals surface area contributed by atoms with Gasteiger partial charge in [-0.15, -0.1) is 12.4 Å². The van der Waals surface area contributed by atoms with Crippen molar-refractivity contribution in [3.63, 3.8) is 0 Å². The lowest BCUT2D eigenvalue weighted by Gasteiger charge is -2.11. The van der Waals surface area contributed by atoms with Crippen LogP contribution in [0.4, 0.5) is 5.69 Å². The fraction of sp³-hybridized carbons (Fsp3) is 0.263. The largest absolute Gasteiger partial charge is 0.328 e. The van der Waals surface area contributed by atoms with Crippen LogP contribution in [0.3, 0.4) is 0 Å². The number of hydrogen-bond donors (Lipinski definition) is 2. The van der Waals surface area contributed by atoms with Crippen molar-refractivity contribution in [2.45, 2.75) is 25.3 Å². The van der Waals surface area contributed by atoms with E-state index < -0.39 is 0 Å². The fourth-order valence-corrected chi connectivity index (χ4v) is 2.99. The Labute approximate surface area is 147 Å². The highest BCUT2D eigenvalue weighted by atomic mass is 35.5. The Bertz CT molecular complexity index is 718. The number of carbonyl (C=O) groups is 2. The van der Waals surface area contributed by atoms with E-state index in [0.717, 1.165) is 19.3 Å². The maximum atomic E-state index is 12.5. The number of amides is 1. The van der Waals surface area contributed by atoms with Crippen molar-refractivity contribution >= 4 is 29.8 Å². The first-order chi connectivity index (χ1) is 11.1. The van der Waals surface area contributed by atoms with Gasteiger partial charge in [0.1, 0.15) is 0 Å². The molecule has 126 valence electrons. The summed E-state index contributed by atoms with van der Waals surface area (Å²) < 4.78 is 0. The average Bonchev–Trinajstić information content (AvgIpc) is 3.02. The summed E-state index contributed by atoms with van der Waals surface area (Å²) in [5, 5.41) is 2.90. The number of carbonyl (C=O) groups excluding carboxylic acids is 2. The Hall–Kier alpha value is -2.17. The summed E-state index contributed by atoms with van der Waals surface area (Å²) in [4.78, 5) is 24.7. The predicted octanol–water partition coefficient (Wildman–Crippen LogP) is 3.41. The number of ketones is 1. The number of hydrogen-bond acceptors (Lipinski definition) is 3. The number of benzene rings is 2. The third kappa shape index (κ3) is 4.22. The molecule has 3 N–H and O–H groups in total. The van der Waals surface area contributed by atoms with Crippen molar-refractivity contribution < 1.29 is 9.59 Å². The van der Waals surface area contributed by atoms with Gasteiger partial charge >= 0.3 is 0 Å². The molecule has 2 aromatic carbocycles. The van der Waals surface area contributed by atoms with Gasteiger partial charge in [0.2, 0.25) is 5.91 Å². The standard InChI is InChI=1S/C19H20N2O2.ClH/c20-16-10-9-15(11-16)19(23)21-17-8-4-7-14(12-17)18(22)13-5-2-1-3-6-13;/h1-8,12,15-16H,9-11,20H2,(H,21,23);1H. The monoisotopic (exact) mass is 344 g/mol. The molecule has 0 radical (unpaired) electrons. The molecule has 24 heavy (non-hydrogen) atoms. The van der Waals surface area contributed by atoms with Crippen LogP contribution in [-0.2, 0) is 4.79 Å². The summed E-state index contributed by atoms with van der Waals surface area (Å²) >= 11 is 0. The van der Waals surface area contributed by atoms with E-state index >= 15 is 0 Å². The van der Waals surface area contributed by atoms with Crippen LogP contribution in [0, 0.1) is 5.92 Å². The highest BCUT2D eigenvalue weighted by molar-refractivity contribution is 6.09. The molecule has 1 amide bonds. The third-order valence-electron chi connectivity index (χ3n) is 4.27. The van der Waals surface area contributed by atoms with Gasteiger partial charge in [-0.2, -0.15) is 0 Å². The van der Waals surface area contributed by atoms with Gasteiger partial charge < -0.3 is 11.1 Å². The van der Waals surface area contributed by atoms with E-state index in [4.69, 9.17) is 5.73 Å². The first kappa shape index (κ1) is 18.2. The van der Waals surface area contributed by atoms with Crippen molar-refractivity contribution in [2.24, 2.45) is 11.7 Å². The van der Waals surface area contributed by atoms with Gasteiger partial charge in [0, 0.05) is 28.8 Å². The first-order valence-electron chi connectivity index (χ1n) is 7.90. The summed E-state index contributed by atoms with van der Waals surface area (Å²) in [6.45, 7) is 0. The van der Waals surface area contributed by atoms with Crippen molar-refractivity contribution in [3.05, 3.63) is 65.7 Å². The number of halogens is 1. The molecule has 1 saturated carbocycles. The second kappa shape index (κ2) is 8.08. The second-order valence-electron chi connectivity index (χ2n) is 6.04. The lowest BCUT2D eigenvalue weighted by atomic mass is 10.0. The van der Waals surface area contributed by atoms with Crippen molar-refractivity contribution in [2.75, 3.05) is 5.32 Å². The van der Waals surface area contributed by atoms with E-state index in [1.165, 1.54) is 0 Å². The molecule has 2 atom stereocenters. The average molecular weight is 345 g/mol. The number of rotatable bonds is 4. The van der Waals surface area contributed by atoms with E-state index in [1.807, 2.05) is 18.2 Å². The SMILES string of the molecule is Cl.NC1CCC(C(=O)Nc2cccc(C(=O)c3ccccc3)c2)C1. The lowest BCUT2D eigenvalue weighted by molar-refractivity contribution is -0.119. The quantitative estimate of drug-likeness (QED) is 0.835. The molecule has 0 aliphatic heterocycles. The van der Waals surface area contributed by atoms with E-state index in [9.17, 15) is 9.59 Å². The molecule has 1 aliphatic rings. The summed E-state index contributed by atoms with van der Waals surface area (Å²) in [6.07, 6.45) is 2.45. The minimum atomic E-state index is -0.0513. The summed E-state index contributed by atoms with van der Waals surface area (Å²) in [6, 6.07) is 16.3. The lowest BCUT2D eigenvalue weighted by Crippen LogP contribution is -2.23. The van der Waals surface area contributed by atoms with Crippen LogP contribution in [0.15, 0.2) is 54.6 Å². The predicted molar refractivity (Wildman–Crippen MR) is 97.5 cm³/mol. The van der Waals surface area contributed by atoms with Crippen molar-refractivity contribution in [1.82, 2.24) is 0 Å². The minimum Gasteiger partial charge on any atom is -0.328 e. The summed E-state index contributed by atoms with van der Waals surface area (Å²) in [5.41, 5.74) is 7.71.